The molecule has 0 radical (unpaired) electrons. The van der Waals surface area contributed by atoms with Crippen LogP contribution < -0.4 is 0 Å². The van der Waals surface area contributed by atoms with Crippen LogP contribution in [0.2, 0.25) is 0 Å². The summed E-state index contributed by atoms with van der Waals surface area (Å²) in [6.45, 7) is 0. The Balaban J connectivity index is 3.19. The number of nitrogens with zero attached hydrogens (tertiary/aromatic N) is 2. The van der Waals surface area contributed by atoms with Crippen LogP contribution in [0.4, 0.5) is 18.9 Å². The Morgan fingerprint density at radius 2 is 2.15 bits per heavy atom. The fourth-order valence-electron chi connectivity index (χ4n) is 0.699. The minimum Gasteiger partial charge on any atom is -0.258 e. The van der Waals surface area contributed by atoms with Gasteiger partial charge >= 0.3 is 5.69 Å². The summed E-state index contributed by atoms with van der Waals surface area (Å²) in [5.74, 6) is -1.37. The predicted molar refractivity (Wildman–Crippen MR) is 35.8 cm³/mol. The van der Waals surface area contributed by atoms with E-state index in [4.69, 9.17) is 0 Å². The zero-order valence-electron chi connectivity index (χ0n) is 6.08. The molecule has 0 N–H and O–H groups in total. The van der Waals surface area contributed by atoms with E-state index in [9.17, 15) is 23.3 Å². The zero-order chi connectivity index (χ0) is 10.0. The van der Waals surface area contributed by atoms with E-state index in [2.05, 4.69) is 4.98 Å². The van der Waals surface area contributed by atoms with Crippen LogP contribution in [-0.4, -0.2) is 9.91 Å². The lowest BCUT2D eigenvalue weighted by molar-refractivity contribution is -0.388. The number of alkyl halides is 2. The first-order valence-corrected chi connectivity index (χ1v) is 3.10. The van der Waals surface area contributed by atoms with Gasteiger partial charge in [0.05, 0.1) is 4.92 Å². The third kappa shape index (κ3) is 1.92. The fraction of sp³-hybridized carbons (Fsp3) is 0.167. The van der Waals surface area contributed by atoms with Crippen LogP contribution in [-0.2, 0) is 0 Å². The molecule has 0 fully saturated rings. The van der Waals surface area contributed by atoms with Crippen molar-refractivity contribution in [1.29, 1.82) is 0 Å². The van der Waals surface area contributed by atoms with E-state index in [0.717, 1.165) is 0 Å². The fourth-order valence-corrected chi connectivity index (χ4v) is 0.699. The molecule has 0 saturated heterocycles. The standard InChI is InChI=1S/C6H3F3N2O2/c7-5(8)3-1-4(11(12)13)6(9)10-2-3/h1-2,5H. The molecule has 0 saturated carbocycles. The number of pyridine rings is 1. The second kappa shape index (κ2) is 3.38. The molecule has 0 aliphatic carbocycles. The smallest absolute Gasteiger partial charge is 0.258 e. The molecule has 0 unspecified atom stereocenters. The van der Waals surface area contributed by atoms with Crippen LogP contribution in [0.15, 0.2) is 12.3 Å². The Bertz CT molecular complexity index is 343. The number of aromatic nitrogens is 1. The van der Waals surface area contributed by atoms with E-state index >= 15 is 0 Å². The van der Waals surface area contributed by atoms with Gasteiger partial charge in [-0.25, -0.2) is 13.8 Å². The van der Waals surface area contributed by atoms with Crippen LogP contribution in [0.3, 0.4) is 0 Å². The molecule has 4 nitrogen and oxygen atoms in total. The third-order valence-electron chi connectivity index (χ3n) is 1.29. The normalized spacial score (nSPS) is 10.5. The molecule has 13 heavy (non-hydrogen) atoms. The summed E-state index contributed by atoms with van der Waals surface area (Å²) < 4.78 is 36.4. The van der Waals surface area contributed by atoms with Crippen molar-refractivity contribution in [3.8, 4) is 0 Å². The quantitative estimate of drug-likeness (QED) is 0.409. The number of hydrogen-bond acceptors (Lipinski definition) is 3. The number of hydrogen-bond donors (Lipinski definition) is 0. The van der Waals surface area contributed by atoms with Crippen molar-refractivity contribution in [2.75, 3.05) is 0 Å². The Morgan fingerprint density at radius 1 is 1.54 bits per heavy atom. The number of halogens is 3. The van der Waals surface area contributed by atoms with E-state index in [-0.39, 0.29) is 0 Å². The molecule has 1 aromatic heterocycles. The maximum atomic E-state index is 12.5. The van der Waals surface area contributed by atoms with E-state index in [1.54, 1.807) is 0 Å². The summed E-state index contributed by atoms with van der Waals surface area (Å²) in [4.78, 5) is 11.8. The Hall–Kier alpha value is -1.66. The molecule has 0 spiro atoms. The van der Waals surface area contributed by atoms with Crippen LogP contribution in [0.25, 0.3) is 0 Å². The van der Waals surface area contributed by atoms with Crippen LogP contribution in [0.5, 0.6) is 0 Å². The minimum absolute atomic E-state index is 0.465. The van der Waals surface area contributed by atoms with Gasteiger partial charge in [-0.3, -0.25) is 10.1 Å². The molecule has 0 atom stereocenters. The Morgan fingerprint density at radius 3 is 2.62 bits per heavy atom. The van der Waals surface area contributed by atoms with Crippen LogP contribution in [0.1, 0.15) is 12.0 Å². The van der Waals surface area contributed by atoms with Crippen molar-refractivity contribution < 1.29 is 18.1 Å². The lowest BCUT2D eigenvalue weighted by Crippen LogP contribution is -1.97. The minimum atomic E-state index is -2.90. The van der Waals surface area contributed by atoms with Crippen molar-refractivity contribution in [3.63, 3.8) is 0 Å². The molecule has 0 aliphatic rings. The van der Waals surface area contributed by atoms with Crippen molar-refractivity contribution in [1.82, 2.24) is 4.98 Å². The Kier molecular flexibility index (Phi) is 2.45. The lowest BCUT2D eigenvalue weighted by Gasteiger charge is -1.98. The molecular weight excluding hydrogens is 189 g/mol. The summed E-state index contributed by atoms with van der Waals surface area (Å²) in [7, 11) is 0. The molecule has 0 amide bonds. The predicted octanol–water partition coefficient (Wildman–Crippen LogP) is 2.07. The molecule has 0 bridgehead atoms. The first-order valence-electron chi connectivity index (χ1n) is 3.10. The SMILES string of the molecule is O=[N+]([O-])c1cc(C(F)F)cnc1F. The van der Waals surface area contributed by atoms with Gasteiger partial charge in [-0.15, -0.1) is 0 Å². The van der Waals surface area contributed by atoms with Crippen molar-refractivity contribution in [3.05, 3.63) is 33.9 Å². The molecule has 7 heteroatoms. The average Bonchev–Trinajstić information content (AvgIpc) is 2.04. The highest BCUT2D eigenvalue weighted by Gasteiger charge is 2.19. The number of nitro groups is 1. The summed E-state index contributed by atoms with van der Waals surface area (Å²) in [5, 5.41) is 10.1. The van der Waals surface area contributed by atoms with Gasteiger partial charge in [0.25, 0.3) is 12.4 Å². The molecule has 1 heterocycles. The molecule has 70 valence electrons. The maximum absolute atomic E-state index is 12.5. The van der Waals surface area contributed by atoms with Gasteiger partial charge < -0.3 is 0 Å². The van der Waals surface area contributed by atoms with E-state index in [0.29, 0.717) is 12.3 Å². The van der Waals surface area contributed by atoms with Gasteiger partial charge in [-0.1, -0.05) is 0 Å². The van der Waals surface area contributed by atoms with E-state index in [1.165, 1.54) is 0 Å². The van der Waals surface area contributed by atoms with Gasteiger partial charge in [0.1, 0.15) is 0 Å². The molecule has 0 aromatic carbocycles. The average molecular weight is 192 g/mol. The largest absolute Gasteiger partial charge is 0.324 e. The molecule has 0 aliphatic heterocycles. The number of rotatable bonds is 2. The maximum Gasteiger partial charge on any atom is 0.324 e. The second-order valence-corrected chi connectivity index (χ2v) is 2.14. The summed E-state index contributed by atoms with van der Waals surface area (Å²) in [5.41, 5.74) is -1.72. The van der Waals surface area contributed by atoms with Gasteiger partial charge in [-0.2, -0.15) is 4.39 Å². The third-order valence-corrected chi connectivity index (χ3v) is 1.29. The highest BCUT2D eigenvalue weighted by molar-refractivity contribution is 5.31. The van der Waals surface area contributed by atoms with E-state index in [1.807, 2.05) is 0 Å². The van der Waals surface area contributed by atoms with Crippen LogP contribution >= 0.6 is 0 Å². The van der Waals surface area contributed by atoms with Gasteiger partial charge in [0.15, 0.2) is 0 Å². The monoisotopic (exact) mass is 192 g/mol. The first-order chi connectivity index (χ1) is 6.02. The van der Waals surface area contributed by atoms with Gasteiger partial charge in [0.2, 0.25) is 0 Å². The van der Waals surface area contributed by atoms with Crippen molar-refractivity contribution in [2.24, 2.45) is 0 Å². The summed E-state index contributed by atoms with van der Waals surface area (Å²) in [6.07, 6.45) is -2.33. The zero-order valence-corrected chi connectivity index (χ0v) is 6.08. The van der Waals surface area contributed by atoms with E-state index < -0.39 is 28.5 Å². The first kappa shape index (κ1) is 9.43. The van der Waals surface area contributed by atoms with Crippen LogP contribution in [0, 0.1) is 16.1 Å². The highest BCUT2D eigenvalue weighted by Crippen LogP contribution is 2.23. The van der Waals surface area contributed by atoms with Crippen molar-refractivity contribution >= 4 is 5.69 Å². The lowest BCUT2D eigenvalue weighted by atomic mass is 10.3. The van der Waals surface area contributed by atoms with Gasteiger partial charge in [0, 0.05) is 17.8 Å². The second-order valence-electron chi connectivity index (χ2n) is 2.14. The topological polar surface area (TPSA) is 56.0 Å². The summed E-state index contributed by atoms with van der Waals surface area (Å²) >= 11 is 0. The molecule has 1 rings (SSSR count). The summed E-state index contributed by atoms with van der Waals surface area (Å²) in [6, 6.07) is 0.465. The Labute approximate surface area is 70.2 Å². The molecular formula is C6H3F3N2O2. The molecule has 1 aromatic rings. The highest BCUT2D eigenvalue weighted by atomic mass is 19.3. The van der Waals surface area contributed by atoms with Gasteiger partial charge in [-0.05, 0) is 0 Å². The van der Waals surface area contributed by atoms with Crippen molar-refractivity contribution in [2.45, 2.75) is 6.43 Å².